The number of hydrogen-bond acceptors (Lipinski definition) is 4. The van der Waals surface area contributed by atoms with Crippen molar-refractivity contribution in [3.05, 3.63) is 18.2 Å². The van der Waals surface area contributed by atoms with Crippen LogP contribution in [-0.2, 0) is 10.0 Å². The lowest BCUT2D eigenvalue weighted by Crippen LogP contribution is -2.15. The van der Waals surface area contributed by atoms with Crippen LogP contribution in [0.2, 0.25) is 0 Å². The van der Waals surface area contributed by atoms with Crippen LogP contribution < -0.4 is 15.6 Å². The van der Waals surface area contributed by atoms with Gasteiger partial charge in [-0.25, -0.2) is 13.6 Å². The lowest BCUT2D eigenvalue weighted by molar-refractivity contribution is 0.211. The molecule has 1 aliphatic carbocycles. The number of nitrogens with two attached hydrogens (primary N) is 2. The molecule has 1 aliphatic rings. The van der Waals surface area contributed by atoms with Gasteiger partial charge in [0.1, 0.15) is 5.75 Å². The molecule has 6 heteroatoms. The maximum atomic E-state index is 11.2. The molecule has 0 aliphatic heterocycles. The highest BCUT2D eigenvalue weighted by atomic mass is 32.2. The minimum Gasteiger partial charge on any atom is -0.488 e. The van der Waals surface area contributed by atoms with Gasteiger partial charge >= 0.3 is 0 Å². The van der Waals surface area contributed by atoms with E-state index >= 15 is 0 Å². The maximum Gasteiger partial charge on any atom is 0.238 e. The number of nitrogen functional groups attached to an aromatic ring is 1. The zero-order chi connectivity index (χ0) is 12.5. The Labute approximate surface area is 101 Å². The largest absolute Gasteiger partial charge is 0.488 e. The first-order valence-electron chi connectivity index (χ1n) is 5.56. The van der Waals surface area contributed by atoms with Gasteiger partial charge in [-0.15, -0.1) is 0 Å². The van der Waals surface area contributed by atoms with Crippen LogP contribution in [0.1, 0.15) is 25.7 Å². The van der Waals surface area contributed by atoms with E-state index in [2.05, 4.69) is 0 Å². The Morgan fingerprint density at radius 2 is 1.88 bits per heavy atom. The lowest BCUT2D eigenvalue weighted by Gasteiger charge is -2.15. The second-order valence-corrected chi connectivity index (χ2v) is 5.83. The summed E-state index contributed by atoms with van der Waals surface area (Å²) in [6, 6.07) is 4.28. The zero-order valence-electron chi connectivity index (χ0n) is 9.43. The summed E-state index contributed by atoms with van der Waals surface area (Å²) < 4.78 is 28.1. The minimum absolute atomic E-state index is 0.0275. The molecule has 0 heterocycles. The van der Waals surface area contributed by atoms with Crippen LogP contribution in [0.3, 0.4) is 0 Å². The SMILES string of the molecule is Nc1ccc(S(N)(=O)=O)cc1OC1CCCC1. The van der Waals surface area contributed by atoms with E-state index in [9.17, 15) is 8.42 Å². The van der Waals surface area contributed by atoms with E-state index in [0.29, 0.717) is 11.4 Å². The van der Waals surface area contributed by atoms with Gasteiger partial charge in [0, 0.05) is 6.07 Å². The molecular formula is C11H16N2O3S. The third-order valence-electron chi connectivity index (χ3n) is 2.91. The first-order chi connectivity index (χ1) is 7.97. The molecule has 0 aromatic heterocycles. The molecule has 0 spiro atoms. The van der Waals surface area contributed by atoms with Crippen LogP contribution in [0.25, 0.3) is 0 Å². The highest BCUT2D eigenvalue weighted by Crippen LogP contribution is 2.29. The summed E-state index contributed by atoms with van der Waals surface area (Å²) in [6.45, 7) is 0. The van der Waals surface area contributed by atoms with E-state index in [1.165, 1.54) is 18.2 Å². The summed E-state index contributed by atoms with van der Waals surface area (Å²) in [5.41, 5.74) is 6.18. The number of primary sulfonamides is 1. The monoisotopic (exact) mass is 256 g/mol. The fraction of sp³-hybridized carbons (Fsp3) is 0.455. The molecule has 1 aromatic carbocycles. The second kappa shape index (κ2) is 4.54. The summed E-state index contributed by atoms with van der Waals surface area (Å²) in [4.78, 5) is 0.0275. The van der Waals surface area contributed by atoms with Crippen LogP contribution >= 0.6 is 0 Å². The number of anilines is 1. The number of rotatable bonds is 3. The molecule has 0 saturated heterocycles. The highest BCUT2D eigenvalue weighted by Gasteiger charge is 2.19. The first-order valence-corrected chi connectivity index (χ1v) is 7.10. The molecule has 4 N–H and O–H groups in total. The Morgan fingerprint density at radius 3 is 2.47 bits per heavy atom. The van der Waals surface area contributed by atoms with Gasteiger partial charge in [-0.1, -0.05) is 0 Å². The molecular weight excluding hydrogens is 240 g/mol. The molecule has 0 unspecified atom stereocenters. The van der Waals surface area contributed by atoms with Crippen LogP contribution in [0, 0.1) is 0 Å². The van der Waals surface area contributed by atoms with Crippen LogP contribution in [-0.4, -0.2) is 14.5 Å². The van der Waals surface area contributed by atoms with Crippen molar-refractivity contribution in [3.63, 3.8) is 0 Å². The van der Waals surface area contributed by atoms with Gasteiger partial charge in [-0.05, 0) is 37.8 Å². The van der Waals surface area contributed by atoms with Gasteiger partial charge < -0.3 is 10.5 Å². The predicted molar refractivity (Wildman–Crippen MR) is 65.1 cm³/mol. The average Bonchev–Trinajstić information content (AvgIpc) is 2.72. The van der Waals surface area contributed by atoms with Crippen molar-refractivity contribution in [2.24, 2.45) is 5.14 Å². The fourth-order valence-corrected chi connectivity index (χ4v) is 2.51. The van der Waals surface area contributed by atoms with Gasteiger partial charge in [0.2, 0.25) is 10.0 Å². The molecule has 0 bridgehead atoms. The summed E-state index contributed by atoms with van der Waals surface area (Å²) in [6.07, 6.45) is 4.38. The Kier molecular flexibility index (Phi) is 3.26. The molecule has 2 rings (SSSR count). The van der Waals surface area contributed by atoms with Crippen LogP contribution in [0.5, 0.6) is 5.75 Å². The molecule has 17 heavy (non-hydrogen) atoms. The van der Waals surface area contributed by atoms with Gasteiger partial charge in [0.05, 0.1) is 16.7 Å². The standard InChI is InChI=1S/C11H16N2O3S/c12-10-6-5-9(17(13,14)15)7-11(10)16-8-3-1-2-4-8/h5-8H,1-4,12H2,(H2,13,14,15). The summed E-state index contributed by atoms with van der Waals surface area (Å²) in [5.74, 6) is 0.406. The minimum atomic E-state index is -3.71. The van der Waals surface area contributed by atoms with Crippen LogP contribution in [0.4, 0.5) is 5.69 Å². The third kappa shape index (κ3) is 2.89. The Morgan fingerprint density at radius 1 is 1.24 bits per heavy atom. The van der Waals surface area contributed by atoms with Gasteiger partial charge in [-0.2, -0.15) is 0 Å². The smallest absolute Gasteiger partial charge is 0.238 e. The van der Waals surface area contributed by atoms with Crippen molar-refractivity contribution >= 4 is 15.7 Å². The number of hydrogen-bond donors (Lipinski definition) is 2. The molecule has 0 atom stereocenters. The van der Waals surface area contributed by atoms with Crippen molar-refractivity contribution in [2.45, 2.75) is 36.7 Å². The summed E-state index contributed by atoms with van der Waals surface area (Å²) in [5, 5.41) is 5.06. The van der Waals surface area contributed by atoms with E-state index in [-0.39, 0.29) is 11.0 Å². The van der Waals surface area contributed by atoms with E-state index in [1.807, 2.05) is 0 Å². The average molecular weight is 256 g/mol. The van der Waals surface area contributed by atoms with Crippen molar-refractivity contribution in [3.8, 4) is 5.75 Å². The van der Waals surface area contributed by atoms with Crippen molar-refractivity contribution in [2.75, 3.05) is 5.73 Å². The Bertz CT molecular complexity index is 507. The third-order valence-corrected chi connectivity index (χ3v) is 3.82. The summed E-state index contributed by atoms with van der Waals surface area (Å²) >= 11 is 0. The number of benzene rings is 1. The maximum absolute atomic E-state index is 11.2. The van der Waals surface area contributed by atoms with E-state index in [0.717, 1.165) is 25.7 Å². The lowest BCUT2D eigenvalue weighted by atomic mass is 10.2. The Hall–Kier alpha value is -1.27. The molecule has 1 aromatic rings. The topological polar surface area (TPSA) is 95.4 Å². The van der Waals surface area contributed by atoms with Gasteiger partial charge in [-0.3, -0.25) is 0 Å². The molecule has 94 valence electrons. The van der Waals surface area contributed by atoms with Crippen molar-refractivity contribution < 1.29 is 13.2 Å². The zero-order valence-corrected chi connectivity index (χ0v) is 10.2. The van der Waals surface area contributed by atoms with Gasteiger partial charge in [0.25, 0.3) is 0 Å². The van der Waals surface area contributed by atoms with E-state index in [1.54, 1.807) is 0 Å². The first kappa shape index (κ1) is 12.2. The van der Waals surface area contributed by atoms with Crippen molar-refractivity contribution in [1.29, 1.82) is 0 Å². The summed E-state index contributed by atoms with van der Waals surface area (Å²) in [7, 11) is -3.71. The van der Waals surface area contributed by atoms with Crippen LogP contribution in [0.15, 0.2) is 23.1 Å². The van der Waals surface area contributed by atoms with E-state index < -0.39 is 10.0 Å². The van der Waals surface area contributed by atoms with E-state index in [4.69, 9.17) is 15.6 Å². The van der Waals surface area contributed by atoms with Crippen molar-refractivity contribution in [1.82, 2.24) is 0 Å². The molecule has 0 amide bonds. The highest BCUT2D eigenvalue weighted by molar-refractivity contribution is 7.89. The molecule has 1 fully saturated rings. The molecule has 5 nitrogen and oxygen atoms in total. The normalized spacial score (nSPS) is 17.2. The number of sulfonamides is 1. The van der Waals surface area contributed by atoms with Gasteiger partial charge in [0.15, 0.2) is 0 Å². The molecule has 1 saturated carbocycles. The second-order valence-electron chi connectivity index (χ2n) is 4.27. The predicted octanol–water partition coefficient (Wildman–Crippen LogP) is 1.24. The molecule has 0 radical (unpaired) electrons. The Balaban J connectivity index is 2.26. The quantitative estimate of drug-likeness (QED) is 0.795. The number of ether oxygens (including phenoxy) is 1. The fourth-order valence-electron chi connectivity index (χ4n) is 1.98.